The van der Waals surface area contributed by atoms with Gasteiger partial charge in [0.05, 0.1) is 37.4 Å². The second-order valence-electron chi connectivity index (χ2n) is 12.1. The Balaban J connectivity index is 1.58. The van der Waals surface area contributed by atoms with E-state index in [1.807, 2.05) is 43.3 Å². The Morgan fingerprint density at radius 3 is 2.23 bits per heavy atom. The van der Waals surface area contributed by atoms with Gasteiger partial charge in [0.25, 0.3) is 5.91 Å². The zero-order valence-corrected chi connectivity index (χ0v) is 25.4. The van der Waals surface area contributed by atoms with Crippen molar-refractivity contribution in [3.8, 4) is 11.8 Å². The third-order valence-corrected chi connectivity index (χ3v) is 8.08. The van der Waals surface area contributed by atoms with E-state index in [1.165, 1.54) is 4.90 Å². The molecule has 2 aliphatic rings. The van der Waals surface area contributed by atoms with Crippen LogP contribution in [0, 0.1) is 11.8 Å². The average Bonchev–Trinajstić information content (AvgIpc) is 2.94. The van der Waals surface area contributed by atoms with E-state index in [0.717, 1.165) is 17.8 Å². The van der Waals surface area contributed by atoms with Crippen LogP contribution in [0.3, 0.4) is 0 Å². The van der Waals surface area contributed by atoms with Gasteiger partial charge in [-0.05, 0) is 56.2 Å². The number of alkyl halides is 6. The van der Waals surface area contributed by atoms with Crippen molar-refractivity contribution in [1.29, 1.82) is 0 Å². The summed E-state index contributed by atoms with van der Waals surface area (Å²) in [6, 6.07) is 8.19. The first-order valence-electron chi connectivity index (χ1n) is 14.4. The molecule has 0 aliphatic carbocycles. The maximum Gasteiger partial charge on any atom is 0.416 e. The van der Waals surface area contributed by atoms with Crippen LogP contribution in [0.25, 0.3) is 0 Å². The maximum absolute atomic E-state index is 13.7. The summed E-state index contributed by atoms with van der Waals surface area (Å²) in [6.07, 6.45) is -9.73. The second-order valence-corrected chi connectivity index (χ2v) is 12.1. The highest BCUT2D eigenvalue weighted by molar-refractivity contribution is 5.95. The third kappa shape index (κ3) is 8.46. The Labute approximate surface area is 254 Å². The fraction of sp³-hybridized carbons (Fsp3) is 0.531. The van der Waals surface area contributed by atoms with Crippen molar-refractivity contribution >= 4 is 11.6 Å². The van der Waals surface area contributed by atoms with Crippen LogP contribution in [0.5, 0.6) is 0 Å². The molecular weight excluding hydrogens is 586 g/mol. The van der Waals surface area contributed by atoms with Crippen molar-refractivity contribution in [2.45, 2.75) is 44.2 Å². The zero-order chi connectivity index (χ0) is 32.3. The molecule has 1 atom stereocenters. The lowest BCUT2D eigenvalue weighted by molar-refractivity contribution is -0.143. The normalized spacial score (nSPS) is 19.8. The van der Waals surface area contributed by atoms with E-state index in [2.05, 4.69) is 35.5 Å². The quantitative estimate of drug-likeness (QED) is 0.324. The highest BCUT2D eigenvalue weighted by atomic mass is 19.4. The van der Waals surface area contributed by atoms with Gasteiger partial charge in [0.1, 0.15) is 0 Å². The minimum Gasteiger partial charge on any atom is -0.378 e. The number of ether oxygens (including phenoxy) is 1. The highest BCUT2D eigenvalue weighted by Crippen LogP contribution is 2.37. The first-order valence-corrected chi connectivity index (χ1v) is 14.4. The number of halogens is 6. The van der Waals surface area contributed by atoms with E-state index in [-0.39, 0.29) is 18.2 Å². The number of carbonyl (C=O) groups is 1. The lowest BCUT2D eigenvalue weighted by atomic mass is 9.98. The first kappa shape index (κ1) is 33.6. The molecule has 2 heterocycles. The van der Waals surface area contributed by atoms with E-state index in [4.69, 9.17) is 4.74 Å². The molecule has 0 radical (unpaired) electrons. The molecule has 0 saturated carbocycles. The number of hydrogen-bond acceptors (Lipinski definition) is 5. The number of nitrogens with zero attached hydrogens (tertiary/aromatic N) is 4. The molecule has 0 aromatic heterocycles. The van der Waals surface area contributed by atoms with Crippen LogP contribution in [-0.2, 0) is 23.5 Å². The summed E-state index contributed by atoms with van der Waals surface area (Å²) >= 11 is 0. The Morgan fingerprint density at radius 1 is 0.955 bits per heavy atom. The molecule has 44 heavy (non-hydrogen) atoms. The minimum atomic E-state index is -5.05. The molecular formula is C32H38F6N4O2. The number of morpholine rings is 1. The molecule has 1 amide bonds. The number of piperazine rings is 1. The van der Waals surface area contributed by atoms with Crippen molar-refractivity contribution in [2.75, 3.05) is 71.5 Å². The summed E-state index contributed by atoms with van der Waals surface area (Å²) in [4.78, 5) is 21.3. The smallest absolute Gasteiger partial charge is 0.378 e. The van der Waals surface area contributed by atoms with Crippen LogP contribution in [0.2, 0.25) is 0 Å². The van der Waals surface area contributed by atoms with Gasteiger partial charge in [0.2, 0.25) is 0 Å². The van der Waals surface area contributed by atoms with Gasteiger partial charge in [-0.3, -0.25) is 14.6 Å². The summed E-state index contributed by atoms with van der Waals surface area (Å²) in [5.74, 6) is 5.56. The lowest BCUT2D eigenvalue weighted by Gasteiger charge is -2.41. The molecule has 2 aromatic rings. The van der Waals surface area contributed by atoms with Gasteiger partial charge in [-0.2, -0.15) is 26.3 Å². The maximum atomic E-state index is 13.7. The van der Waals surface area contributed by atoms with Crippen LogP contribution in [0.1, 0.15) is 40.9 Å². The van der Waals surface area contributed by atoms with E-state index in [0.29, 0.717) is 57.9 Å². The van der Waals surface area contributed by atoms with Crippen LogP contribution >= 0.6 is 0 Å². The SMILES string of the molecule is CN(C)c1cccc(CC2CN(CC#CCN3CCOCC3(C)C)CCN2C(=O)c2cc(C(F)(F)F)cc(C(F)(F)F)c2)c1. The Bertz CT molecular complexity index is 1350. The number of rotatable bonds is 6. The minimum absolute atomic E-state index is 0.0374. The fourth-order valence-electron chi connectivity index (χ4n) is 5.49. The highest BCUT2D eigenvalue weighted by Gasteiger charge is 2.39. The van der Waals surface area contributed by atoms with Crippen LogP contribution in [-0.4, -0.2) is 98.8 Å². The molecule has 2 aromatic carbocycles. The second kappa shape index (κ2) is 13.4. The van der Waals surface area contributed by atoms with Crippen molar-refractivity contribution in [1.82, 2.24) is 14.7 Å². The summed E-state index contributed by atoms with van der Waals surface area (Å²) in [7, 11) is 3.78. The van der Waals surface area contributed by atoms with Gasteiger partial charge in [-0.15, -0.1) is 0 Å². The summed E-state index contributed by atoms with van der Waals surface area (Å²) in [5.41, 5.74) is -1.97. The summed E-state index contributed by atoms with van der Waals surface area (Å²) in [6.45, 7) is 8.11. The first-order chi connectivity index (χ1) is 20.5. The van der Waals surface area contributed by atoms with Crippen LogP contribution in [0.4, 0.5) is 32.0 Å². The largest absolute Gasteiger partial charge is 0.416 e. The van der Waals surface area contributed by atoms with Gasteiger partial charge in [0, 0.05) is 63.1 Å². The molecule has 240 valence electrons. The predicted molar refractivity (Wildman–Crippen MR) is 156 cm³/mol. The van der Waals surface area contributed by atoms with Gasteiger partial charge < -0.3 is 14.5 Å². The molecule has 0 N–H and O–H groups in total. The van der Waals surface area contributed by atoms with Gasteiger partial charge in [-0.1, -0.05) is 24.0 Å². The van der Waals surface area contributed by atoms with Gasteiger partial charge in [0.15, 0.2) is 0 Å². The number of anilines is 1. The van der Waals surface area contributed by atoms with E-state index < -0.39 is 41.0 Å². The lowest BCUT2D eigenvalue weighted by Crippen LogP contribution is -2.56. The molecule has 0 bridgehead atoms. The van der Waals surface area contributed by atoms with Gasteiger partial charge >= 0.3 is 12.4 Å². The molecule has 2 saturated heterocycles. The van der Waals surface area contributed by atoms with Crippen LogP contribution < -0.4 is 4.90 Å². The number of benzene rings is 2. The Hall–Kier alpha value is -3.27. The number of hydrogen-bond donors (Lipinski definition) is 0. The molecule has 6 nitrogen and oxygen atoms in total. The number of amides is 1. The van der Waals surface area contributed by atoms with E-state index in [9.17, 15) is 31.1 Å². The molecule has 1 unspecified atom stereocenters. The topological polar surface area (TPSA) is 39.3 Å². The summed E-state index contributed by atoms with van der Waals surface area (Å²) in [5, 5.41) is 0. The fourth-order valence-corrected chi connectivity index (χ4v) is 5.49. The van der Waals surface area contributed by atoms with E-state index in [1.54, 1.807) is 0 Å². The Kier molecular flexibility index (Phi) is 10.2. The molecule has 0 spiro atoms. The standard InChI is InChI=1S/C32H38F6N4O2/c1-30(2)22-44-15-14-41(30)11-6-5-10-40-12-13-42(28(21-40)17-23-8-7-9-27(16-23)39(3)4)29(43)24-18-25(31(33,34)35)20-26(19-24)32(36,37)38/h7-9,16,18-20,28H,10-15,17,21-22H2,1-4H3. The number of carbonyl (C=O) groups excluding carboxylic acids is 1. The summed E-state index contributed by atoms with van der Waals surface area (Å²) < 4.78 is 86.8. The third-order valence-electron chi connectivity index (χ3n) is 8.08. The van der Waals surface area contributed by atoms with Gasteiger partial charge in [-0.25, -0.2) is 0 Å². The molecule has 4 rings (SSSR count). The Morgan fingerprint density at radius 2 is 1.61 bits per heavy atom. The van der Waals surface area contributed by atoms with Crippen molar-refractivity contribution < 1.29 is 35.9 Å². The van der Waals surface area contributed by atoms with Crippen molar-refractivity contribution in [3.63, 3.8) is 0 Å². The molecule has 2 fully saturated rings. The van der Waals surface area contributed by atoms with Crippen LogP contribution in [0.15, 0.2) is 42.5 Å². The molecule has 2 aliphatic heterocycles. The monoisotopic (exact) mass is 624 g/mol. The van der Waals surface area contributed by atoms with Crippen molar-refractivity contribution in [2.24, 2.45) is 0 Å². The van der Waals surface area contributed by atoms with Crippen molar-refractivity contribution in [3.05, 3.63) is 64.7 Å². The predicted octanol–water partition coefficient (Wildman–Crippen LogP) is 5.27. The average molecular weight is 625 g/mol. The molecule has 12 heteroatoms. The van der Waals surface area contributed by atoms with E-state index >= 15 is 0 Å². The zero-order valence-electron chi connectivity index (χ0n) is 25.4.